The molecule has 3 atom stereocenters. The zero-order valence-corrected chi connectivity index (χ0v) is 19.1. The molecular weight excluding hydrogens is 370 g/mol. The minimum Gasteiger partial charge on any atom is -0.353 e. The summed E-state index contributed by atoms with van der Waals surface area (Å²) in [6.45, 7) is 7.73. The van der Waals surface area contributed by atoms with Crippen molar-refractivity contribution in [2.75, 3.05) is 13.6 Å². The first-order chi connectivity index (χ1) is 14.3. The molecule has 5 rings (SSSR count). The van der Waals surface area contributed by atoms with E-state index in [9.17, 15) is 4.79 Å². The largest absolute Gasteiger partial charge is 0.353 e. The minimum atomic E-state index is 0.0684. The normalized spacial score (nSPS) is 27.8. The topological polar surface area (TPSA) is 37.3 Å². The summed E-state index contributed by atoms with van der Waals surface area (Å²) < 4.78 is 2.45. The molecule has 2 aromatic rings. The Kier molecular flexibility index (Phi) is 4.96. The molecule has 1 amide bonds. The van der Waals surface area contributed by atoms with Gasteiger partial charge in [-0.3, -0.25) is 4.79 Å². The number of piperidine rings is 1. The number of carbonyl (C=O) groups is 1. The number of aromatic nitrogens is 1. The number of hydrogen-bond acceptors (Lipinski definition) is 2. The predicted molar refractivity (Wildman–Crippen MR) is 123 cm³/mol. The van der Waals surface area contributed by atoms with Gasteiger partial charge in [0.1, 0.15) is 0 Å². The number of likely N-dealkylation sites (N-methyl/N-ethyl adjacent to an activating group) is 1. The Hall–Kier alpha value is -1.81. The third-order valence-corrected chi connectivity index (χ3v) is 7.89. The molecule has 1 aromatic carbocycles. The number of nitrogens with zero attached hydrogens (tertiary/aromatic N) is 2. The highest BCUT2D eigenvalue weighted by Crippen LogP contribution is 2.45. The first-order valence-corrected chi connectivity index (χ1v) is 12.0. The van der Waals surface area contributed by atoms with Gasteiger partial charge in [0, 0.05) is 47.2 Å². The van der Waals surface area contributed by atoms with E-state index in [0.29, 0.717) is 18.0 Å². The average Bonchev–Trinajstić information content (AvgIpc) is 3.10. The number of fused-ring (bicyclic) bond motifs is 2. The Labute approximate surface area is 181 Å². The van der Waals surface area contributed by atoms with Gasteiger partial charge in [0.2, 0.25) is 5.91 Å². The van der Waals surface area contributed by atoms with Gasteiger partial charge >= 0.3 is 0 Å². The molecule has 2 heterocycles. The fraction of sp³-hybridized carbons (Fsp3) is 0.654. The smallest absolute Gasteiger partial charge is 0.224 e. The van der Waals surface area contributed by atoms with Crippen LogP contribution in [0.2, 0.25) is 0 Å². The van der Waals surface area contributed by atoms with Crippen LogP contribution in [0.1, 0.15) is 76.3 Å². The van der Waals surface area contributed by atoms with Crippen molar-refractivity contribution in [3.8, 4) is 0 Å². The van der Waals surface area contributed by atoms with Crippen LogP contribution in [0.4, 0.5) is 0 Å². The number of likely N-dealkylation sites (tertiary alicyclic amines) is 1. The Morgan fingerprint density at radius 2 is 1.90 bits per heavy atom. The zero-order chi connectivity index (χ0) is 21.0. The first-order valence-electron chi connectivity index (χ1n) is 12.0. The molecule has 0 bridgehead atoms. The van der Waals surface area contributed by atoms with E-state index < -0.39 is 0 Å². The van der Waals surface area contributed by atoms with Gasteiger partial charge in [-0.15, -0.1) is 0 Å². The van der Waals surface area contributed by atoms with Crippen LogP contribution in [0.3, 0.4) is 0 Å². The summed E-state index contributed by atoms with van der Waals surface area (Å²) >= 11 is 0. The van der Waals surface area contributed by atoms with Crippen LogP contribution in [-0.4, -0.2) is 41.1 Å². The second-order valence-corrected chi connectivity index (χ2v) is 11.0. The van der Waals surface area contributed by atoms with Gasteiger partial charge in [-0.2, -0.15) is 0 Å². The third kappa shape index (κ3) is 3.37. The van der Waals surface area contributed by atoms with Crippen LogP contribution >= 0.6 is 0 Å². The number of benzene rings is 1. The number of rotatable bonds is 2. The number of amides is 1. The summed E-state index contributed by atoms with van der Waals surface area (Å²) in [4.78, 5) is 15.6. The van der Waals surface area contributed by atoms with Crippen molar-refractivity contribution >= 4 is 16.8 Å². The molecule has 30 heavy (non-hydrogen) atoms. The molecule has 1 N–H and O–H groups in total. The molecule has 2 fully saturated rings. The summed E-state index contributed by atoms with van der Waals surface area (Å²) in [5.41, 5.74) is 4.36. The zero-order valence-electron chi connectivity index (χ0n) is 19.1. The molecule has 3 aliphatic rings. The lowest BCUT2D eigenvalue weighted by Crippen LogP contribution is -2.52. The summed E-state index contributed by atoms with van der Waals surface area (Å²) in [5, 5.41) is 4.86. The second-order valence-electron chi connectivity index (χ2n) is 11.0. The Morgan fingerprint density at radius 1 is 1.13 bits per heavy atom. The van der Waals surface area contributed by atoms with Crippen LogP contribution in [0, 0.1) is 5.92 Å². The fourth-order valence-electron chi connectivity index (χ4n) is 6.36. The van der Waals surface area contributed by atoms with Gasteiger partial charge < -0.3 is 14.8 Å². The van der Waals surface area contributed by atoms with Crippen molar-refractivity contribution in [3.05, 3.63) is 35.5 Å². The monoisotopic (exact) mass is 407 g/mol. The molecule has 4 nitrogen and oxygen atoms in total. The maximum absolute atomic E-state index is 13.2. The molecule has 0 spiro atoms. The maximum Gasteiger partial charge on any atom is 0.224 e. The van der Waals surface area contributed by atoms with Gasteiger partial charge in [-0.05, 0) is 70.7 Å². The molecule has 0 radical (unpaired) electrons. The van der Waals surface area contributed by atoms with E-state index in [0.717, 1.165) is 32.2 Å². The lowest BCUT2D eigenvalue weighted by Gasteiger charge is -2.45. The Morgan fingerprint density at radius 3 is 2.63 bits per heavy atom. The van der Waals surface area contributed by atoms with Crippen LogP contribution in [0.15, 0.2) is 24.4 Å². The van der Waals surface area contributed by atoms with Gasteiger partial charge in [0.25, 0.3) is 0 Å². The van der Waals surface area contributed by atoms with E-state index in [4.69, 9.17) is 0 Å². The molecule has 1 unspecified atom stereocenters. The predicted octanol–water partition coefficient (Wildman–Crippen LogP) is 4.81. The van der Waals surface area contributed by atoms with Gasteiger partial charge in [0.15, 0.2) is 0 Å². The third-order valence-electron chi connectivity index (χ3n) is 7.89. The van der Waals surface area contributed by atoms with Crippen molar-refractivity contribution < 1.29 is 4.79 Å². The fourth-order valence-corrected chi connectivity index (χ4v) is 6.36. The highest BCUT2D eigenvalue weighted by Gasteiger charge is 2.42. The van der Waals surface area contributed by atoms with Gasteiger partial charge in [-0.25, -0.2) is 0 Å². The summed E-state index contributed by atoms with van der Waals surface area (Å²) in [7, 11) is 2.23. The van der Waals surface area contributed by atoms with Crippen molar-refractivity contribution in [1.82, 2.24) is 14.8 Å². The van der Waals surface area contributed by atoms with Crippen LogP contribution < -0.4 is 5.32 Å². The maximum atomic E-state index is 13.2. The molecule has 4 heteroatoms. The van der Waals surface area contributed by atoms with Crippen molar-refractivity contribution in [1.29, 1.82) is 0 Å². The summed E-state index contributed by atoms with van der Waals surface area (Å²) in [5.74, 6) is 0.829. The van der Waals surface area contributed by atoms with Crippen LogP contribution in [0.25, 0.3) is 10.9 Å². The number of carbonyl (C=O) groups excluding carboxylic acids is 1. The van der Waals surface area contributed by atoms with Gasteiger partial charge in [0.05, 0.1) is 5.92 Å². The van der Waals surface area contributed by atoms with E-state index in [1.807, 2.05) is 0 Å². The highest BCUT2D eigenvalue weighted by atomic mass is 16.2. The molecule has 1 aliphatic heterocycles. The highest BCUT2D eigenvalue weighted by molar-refractivity contribution is 5.89. The van der Waals surface area contributed by atoms with Crippen LogP contribution in [0.5, 0.6) is 0 Å². The van der Waals surface area contributed by atoms with E-state index in [1.54, 1.807) is 0 Å². The lowest BCUT2D eigenvalue weighted by molar-refractivity contribution is -0.128. The van der Waals surface area contributed by atoms with Crippen molar-refractivity contribution in [3.63, 3.8) is 0 Å². The molecule has 1 saturated heterocycles. The first kappa shape index (κ1) is 20.1. The van der Waals surface area contributed by atoms with E-state index in [2.05, 4.69) is 67.0 Å². The number of nitrogens with one attached hydrogen (secondary N) is 1. The second kappa shape index (κ2) is 7.40. The van der Waals surface area contributed by atoms with Crippen LogP contribution in [-0.2, 0) is 16.8 Å². The Balaban J connectivity index is 1.45. The standard InChI is InChI=1S/C26H37N3O/c1-26(2,3)29-16-17-14-23-21(20-11-8-12-22(29)24(17)20)13-18(15-28(23)4)25(30)27-19-9-6-5-7-10-19/h8,11-12,16,18-19,21,23H,5-7,9-10,13-15H2,1-4H3,(H,27,30)/t18-,21?,23-/m1/s1. The van der Waals surface area contributed by atoms with Crippen molar-refractivity contribution in [2.45, 2.75) is 89.3 Å². The molecule has 1 saturated carbocycles. The van der Waals surface area contributed by atoms with Gasteiger partial charge in [-0.1, -0.05) is 31.4 Å². The van der Waals surface area contributed by atoms with Crippen molar-refractivity contribution in [2.24, 2.45) is 5.92 Å². The molecule has 2 aliphatic carbocycles. The number of hydrogen-bond donors (Lipinski definition) is 1. The molecule has 1 aromatic heterocycles. The molecular formula is C26H37N3O. The lowest BCUT2D eigenvalue weighted by atomic mass is 9.72. The van der Waals surface area contributed by atoms with E-state index >= 15 is 0 Å². The average molecular weight is 408 g/mol. The SMILES string of the molecule is CN1C[C@H](C(=O)NC2CCCCC2)CC2c3cccc4c3c(cn4C(C)(C)C)C[C@H]21. The Bertz CT molecular complexity index is 947. The quantitative estimate of drug-likeness (QED) is 0.776. The minimum absolute atomic E-state index is 0.0684. The van der Waals surface area contributed by atoms with E-state index in [1.165, 1.54) is 41.3 Å². The van der Waals surface area contributed by atoms with E-state index in [-0.39, 0.29) is 17.4 Å². The summed E-state index contributed by atoms with van der Waals surface area (Å²) in [6.07, 6.45) is 10.6. The summed E-state index contributed by atoms with van der Waals surface area (Å²) in [6, 6.07) is 7.71. The molecule has 162 valence electrons.